The van der Waals surface area contributed by atoms with E-state index in [1.807, 2.05) is 24.3 Å². The number of benzene rings is 1. The molecule has 0 fully saturated rings. The van der Waals surface area contributed by atoms with Crippen molar-refractivity contribution in [3.8, 4) is 5.75 Å². The molecule has 0 saturated carbocycles. The van der Waals surface area contributed by atoms with E-state index in [1.165, 1.54) is 0 Å². The van der Waals surface area contributed by atoms with Crippen molar-refractivity contribution in [3.05, 3.63) is 29.8 Å². The lowest BCUT2D eigenvalue weighted by Gasteiger charge is -2.28. The molecule has 17 heavy (non-hydrogen) atoms. The summed E-state index contributed by atoms with van der Waals surface area (Å²) in [5.74, 6) is 0.770. The second-order valence-corrected chi connectivity index (χ2v) is 3.96. The molecule has 0 aliphatic heterocycles. The molecule has 0 aromatic heterocycles. The molecule has 5 heteroatoms. The molecule has 0 heterocycles. The largest absolute Gasteiger partial charge is 0.497 e. The number of aliphatic hydroxyl groups is 3. The van der Waals surface area contributed by atoms with Gasteiger partial charge in [0.15, 0.2) is 0 Å². The summed E-state index contributed by atoms with van der Waals surface area (Å²) in [6, 6.07) is 7.41. The van der Waals surface area contributed by atoms with Crippen molar-refractivity contribution in [2.75, 3.05) is 26.9 Å². The summed E-state index contributed by atoms with van der Waals surface area (Å²) in [6.45, 7) is -0.520. The molecular formula is C12H19NO4. The molecule has 0 aliphatic rings. The van der Waals surface area contributed by atoms with E-state index in [2.05, 4.69) is 5.32 Å². The topological polar surface area (TPSA) is 82.0 Å². The number of hydrogen-bond acceptors (Lipinski definition) is 5. The van der Waals surface area contributed by atoms with E-state index in [9.17, 15) is 0 Å². The van der Waals surface area contributed by atoms with E-state index >= 15 is 0 Å². The summed E-state index contributed by atoms with van der Waals surface area (Å²) >= 11 is 0. The molecule has 0 radical (unpaired) electrons. The zero-order valence-corrected chi connectivity index (χ0v) is 9.89. The molecular weight excluding hydrogens is 222 g/mol. The zero-order valence-electron chi connectivity index (χ0n) is 9.89. The molecule has 1 aromatic carbocycles. The van der Waals surface area contributed by atoms with Gasteiger partial charge in [-0.25, -0.2) is 0 Å². The first-order valence-corrected chi connectivity index (χ1v) is 5.40. The lowest BCUT2D eigenvalue weighted by atomic mass is 10.0. The summed E-state index contributed by atoms with van der Waals surface area (Å²) < 4.78 is 5.04. The van der Waals surface area contributed by atoms with Gasteiger partial charge in [0.05, 0.1) is 32.5 Å². The van der Waals surface area contributed by atoms with Gasteiger partial charge < -0.3 is 25.4 Å². The minimum Gasteiger partial charge on any atom is -0.497 e. The van der Waals surface area contributed by atoms with Crippen molar-refractivity contribution in [2.45, 2.75) is 12.1 Å². The average molecular weight is 241 g/mol. The Balaban J connectivity index is 2.59. The number of aliphatic hydroxyl groups excluding tert-OH is 3. The SMILES string of the molecule is COc1ccc(CNC(CO)(CO)CO)cc1. The molecule has 96 valence electrons. The van der Waals surface area contributed by atoms with Crippen molar-refractivity contribution >= 4 is 0 Å². The molecule has 0 atom stereocenters. The number of nitrogens with one attached hydrogen (secondary N) is 1. The highest BCUT2D eigenvalue weighted by Crippen LogP contribution is 2.12. The molecule has 0 spiro atoms. The lowest BCUT2D eigenvalue weighted by molar-refractivity contribution is 0.0414. The van der Waals surface area contributed by atoms with E-state index < -0.39 is 5.54 Å². The molecule has 4 N–H and O–H groups in total. The summed E-state index contributed by atoms with van der Waals surface area (Å²) in [4.78, 5) is 0. The first kappa shape index (κ1) is 13.9. The minimum absolute atomic E-state index is 0.323. The third-order valence-electron chi connectivity index (χ3n) is 2.73. The van der Waals surface area contributed by atoms with Gasteiger partial charge in [0.2, 0.25) is 0 Å². The maximum atomic E-state index is 9.13. The van der Waals surface area contributed by atoms with E-state index in [4.69, 9.17) is 20.1 Å². The second kappa shape index (κ2) is 6.56. The highest BCUT2D eigenvalue weighted by molar-refractivity contribution is 5.27. The Kier molecular flexibility index (Phi) is 5.37. The van der Waals surface area contributed by atoms with Crippen LogP contribution in [0.15, 0.2) is 24.3 Å². The van der Waals surface area contributed by atoms with Gasteiger partial charge in [-0.15, -0.1) is 0 Å². The standard InChI is InChI=1S/C12H19NO4/c1-17-11-4-2-10(3-5-11)6-13-12(7-14,8-15)9-16/h2-5,13-16H,6-9H2,1H3. The third-order valence-corrected chi connectivity index (χ3v) is 2.73. The normalized spacial score (nSPS) is 11.5. The fourth-order valence-corrected chi connectivity index (χ4v) is 1.35. The molecule has 5 nitrogen and oxygen atoms in total. The highest BCUT2D eigenvalue weighted by Gasteiger charge is 2.26. The quantitative estimate of drug-likeness (QED) is 0.517. The third kappa shape index (κ3) is 3.67. The highest BCUT2D eigenvalue weighted by atomic mass is 16.5. The van der Waals surface area contributed by atoms with Gasteiger partial charge in [0.25, 0.3) is 0 Å². The number of methoxy groups -OCH3 is 1. The van der Waals surface area contributed by atoms with Gasteiger partial charge in [-0.1, -0.05) is 12.1 Å². The van der Waals surface area contributed by atoms with E-state index in [0.717, 1.165) is 11.3 Å². The number of rotatable bonds is 7. The predicted octanol–water partition coefficient (Wildman–Crippen LogP) is -0.500. The number of ether oxygens (including phenoxy) is 1. The van der Waals surface area contributed by atoms with Crippen LogP contribution in [-0.4, -0.2) is 47.8 Å². The Morgan fingerprint density at radius 1 is 1.06 bits per heavy atom. The van der Waals surface area contributed by atoms with Crippen LogP contribution in [0, 0.1) is 0 Å². The van der Waals surface area contributed by atoms with Crippen molar-refractivity contribution in [3.63, 3.8) is 0 Å². The first-order chi connectivity index (χ1) is 8.19. The number of hydrogen-bond donors (Lipinski definition) is 4. The van der Waals surface area contributed by atoms with Gasteiger partial charge in [-0.05, 0) is 17.7 Å². The van der Waals surface area contributed by atoms with Crippen LogP contribution in [0.3, 0.4) is 0 Å². The zero-order chi connectivity index (χ0) is 12.7. The summed E-state index contributed by atoms with van der Waals surface area (Å²) in [5.41, 5.74) is -0.0644. The molecule has 0 bridgehead atoms. The molecule has 1 aromatic rings. The fraction of sp³-hybridized carbons (Fsp3) is 0.500. The van der Waals surface area contributed by atoms with Crippen LogP contribution < -0.4 is 10.1 Å². The molecule has 0 saturated heterocycles. The van der Waals surface area contributed by atoms with Crippen molar-refractivity contribution in [2.24, 2.45) is 0 Å². The van der Waals surface area contributed by atoms with Gasteiger partial charge in [0.1, 0.15) is 5.75 Å². The van der Waals surface area contributed by atoms with Crippen molar-refractivity contribution in [1.82, 2.24) is 5.32 Å². The molecule has 1 rings (SSSR count). The van der Waals surface area contributed by atoms with Gasteiger partial charge >= 0.3 is 0 Å². The van der Waals surface area contributed by atoms with Crippen LogP contribution in [0.4, 0.5) is 0 Å². The van der Waals surface area contributed by atoms with Crippen LogP contribution in [0.5, 0.6) is 5.75 Å². The van der Waals surface area contributed by atoms with Crippen molar-refractivity contribution < 1.29 is 20.1 Å². The molecule has 0 unspecified atom stereocenters. The van der Waals surface area contributed by atoms with Gasteiger partial charge in [-0.3, -0.25) is 0 Å². The molecule has 0 amide bonds. The Hall–Kier alpha value is -1.14. The Labute approximate surface area is 101 Å². The van der Waals surface area contributed by atoms with Crippen LogP contribution >= 0.6 is 0 Å². The van der Waals surface area contributed by atoms with Crippen LogP contribution in [0.1, 0.15) is 5.56 Å². The minimum atomic E-state index is -1.04. The van der Waals surface area contributed by atoms with Gasteiger partial charge in [-0.2, -0.15) is 0 Å². The Morgan fingerprint density at radius 2 is 1.59 bits per heavy atom. The fourth-order valence-electron chi connectivity index (χ4n) is 1.35. The summed E-state index contributed by atoms with van der Waals surface area (Å²) in [7, 11) is 1.60. The second-order valence-electron chi connectivity index (χ2n) is 3.96. The monoisotopic (exact) mass is 241 g/mol. The Morgan fingerprint density at radius 3 is 2.00 bits per heavy atom. The lowest BCUT2D eigenvalue weighted by Crippen LogP contribution is -2.54. The maximum absolute atomic E-state index is 9.13. The van der Waals surface area contributed by atoms with Crippen LogP contribution in [-0.2, 0) is 6.54 Å². The average Bonchev–Trinajstić information content (AvgIpc) is 2.41. The van der Waals surface area contributed by atoms with Crippen LogP contribution in [0.2, 0.25) is 0 Å². The predicted molar refractivity (Wildman–Crippen MR) is 63.8 cm³/mol. The van der Waals surface area contributed by atoms with Crippen LogP contribution in [0.25, 0.3) is 0 Å². The maximum Gasteiger partial charge on any atom is 0.118 e. The van der Waals surface area contributed by atoms with E-state index in [-0.39, 0.29) is 19.8 Å². The van der Waals surface area contributed by atoms with E-state index in [1.54, 1.807) is 7.11 Å². The van der Waals surface area contributed by atoms with E-state index in [0.29, 0.717) is 6.54 Å². The summed E-state index contributed by atoms with van der Waals surface area (Å²) in [6.07, 6.45) is 0. The first-order valence-electron chi connectivity index (χ1n) is 5.40. The smallest absolute Gasteiger partial charge is 0.118 e. The Bertz CT molecular complexity index is 314. The summed E-state index contributed by atoms with van der Waals surface area (Å²) in [5, 5.41) is 30.3. The van der Waals surface area contributed by atoms with Crippen molar-refractivity contribution in [1.29, 1.82) is 0 Å². The molecule has 0 aliphatic carbocycles. The van der Waals surface area contributed by atoms with Gasteiger partial charge in [0, 0.05) is 6.54 Å².